The minimum absolute atomic E-state index is 0.0121. The summed E-state index contributed by atoms with van der Waals surface area (Å²) in [6, 6.07) is -0.988. The van der Waals surface area contributed by atoms with Crippen LogP contribution in [0.3, 0.4) is 0 Å². The van der Waals surface area contributed by atoms with Crippen molar-refractivity contribution in [1.82, 2.24) is 10.2 Å². The van der Waals surface area contributed by atoms with Crippen LogP contribution in [0.5, 0.6) is 0 Å². The van der Waals surface area contributed by atoms with E-state index in [0.717, 1.165) is 25.7 Å². The number of hydrogen-bond acceptors (Lipinski definition) is 5. The molecule has 1 saturated heterocycles. The van der Waals surface area contributed by atoms with Crippen LogP contribution in [-0.2, 0) is 19.1 Å². The Balaban J connectivity index is 1.99. The summed E-state index contributed by atoms with van der Waals surface area (Å²) in [4.78, 5) is 38.1. The van der Waals surface area contributed by atoms with Crippen molar-refractivity contribution >= 4 is 17.8 Å². The highest BCUT2D eigenvalue weighted by molar-refractivity contribution is 5.90. The predicted octanol–water partition coefficient (Wildman–Crippen LogP) is 1.34. The molecule has 3 N–H and O–H groups in total. The molecular formula is C19H33N3O4. The topological polar surface area (TPSA) is 102 Å². The fraction of sp³-hybridized carbons (Fsp3) is 0.842. The maximum Gasteiger partial charge on any atom is 0.319 e. The lowest BCUT2D eigenvalue weighted by Gasteiger charge is -2.31. The summed E-state index contributed by atoms with van der Waals surface area (Å²) >= 11 is 0. The number of amides is 2. The molecule has 2 aliphatic rings. The van der Waals surface area contributed by atoms with E-state index in [2.05, 4.69) is 5.32 Å². The summed E-state index contributed by atoms with van der Waals surface area (Å²) < 4.78 is 5.10. The van der Waals surface area contributed by atoms with E-state index >= 15 is 0 Å². The molecule has 7 heteroatoms. The molecule has 1 aliphatic carbocycles. The number of nitrogens with zero attached hydrogens (tertiary/aromatic N) is 1. The van der Waals surface area contributed by atoms with Gasteiger partial charge < -0.3 is 15.4 Å². The predicted molar refractivity (Wildman–Crippen MR) is 98.2 cm³/mol. The standard InChI is InChI=1S/C19H33N3O4/c1-2-11-26-17(23)13-21-15(12-14-7-4-3-5-8-14)19(25)22-10-6-9-16(22)18(20)24/h14-16,21H,2-13H2,1H3,(H2,20,24)/t15-,16+/m1/s1. The van der Waals surface area contributed by atoms with Crippen molar-refractivity contribution in [1.29, 1.82) is 0 Å². The highest BCUT2D eigenvalue weighted by atomic mass is 16.5. The molecular weight excluding hydrogens is 334 g/mol. The number of hydrogen-bond donors (Lipinski definition) is 2. The zero-order chi connectivity index (χ0) is 18.9. The van der Waals surface area contributed by atoms with Crippen LogP contribution < -0.4 is 11.1 Å². The van der Waals surface area contributed by atoms with Crippen LogP contribution in [0.1, 0.15) is 64.7 Å². The van der Waals surface area contributed by atoms with Gasteiger partial charge in [-0.05, 0) is 31.6 Å². The first kappa shape index (κ1) is 20.7. The second-order valence-corrected chi connectivity index (χ2v) is 7.49. The van der Waals surface area contributed by atoms with Gasteiger partial charge in [-0.3, -0.25) is 19.7 Å². The molecule has 1 saturated carbocycles. The molecule has 2 fully saturated rings. The van der Waals surface area contributed by atoms with Crippen molar-refractivity contribution in [3.63, 3.8) is 0 Å². The lowest BCUT2D eigenvalue weighted by molar-refractivity contribution is -0.144. The minimum atomic E-state index is -0.523. The molecule has 0 radical (unpaired) electrons. The quantitative estimate of drug-likeness (QED) is 0.599. The second kappa shape index (κ2) is 10.5. The first-order chi connectivity index (χ1) is 12.5. The van der Waals surface area contributed by atoms with Gasteiger partial charge in [0.1, 0.15) is 6.04 Å². The van der Waals surface area contributed by atoms with Crippen molar-refractivity contribution in [2.75, 3.05) is 19.7 Å². The first-order valence-electron chi connectivity index (χ1n) is 10.0. The van der Waals surface area contributed by atoms with Crippen LogP contribution in [0.4, 0.5) is 0 Å². The summed E-state index contributed by atoms with van der Waals surface area (Å²) in [7, 11) is 0. The fourth-order valence-electron chi connectivity index (χ4n) is 4.03. The van der Waals surface area contributed by atoms with Crippen molar-refractivity contribution in [3.8, 4) is 0 Å². The van der Waals surface area contributed by atoms with E-state index in [-0.39, 0.29) is 18.4 Å². The molecule has 0 unspecified atom stereocenters. The Morgan fingerprint density at radius 3 is 2.54 bits per heavy atom. The molecule has 2 amide bonds. The van der Waals surface area contributed by atoms with Crippen molar-refractivity contribution < 1.29 is 19.1 Å². The number of carbonyl (C=O) groups is 3. The number of ether oxygens (including phenoxy) is 1. The number of carbonyl (C=O) groups excluding carboxylic acids is 3. The van der Waals surface area contributed by atoms with E-state index in [1.807, 2.05) is 6.92 Å². The molecule has 0 aromatic heterocycles. The van der Waals surface area contributed by atoms with Crippen LogP contribution in [0, 0.1) is 5.92 Å². The molecule has 1 aliphatic heterocycles. The third kappa shape index (κ3) is 5.97. The lowest BCUT2D eigenvalue weighted by atomic mass is 9.84. The molecule has 0 aromatic carbocycles. The Bertz CT molecular complexity index is 491. The summed E-state index contributed by atoms with van der Waals surface area (Å²) in [5.41, 5.74) is 5.46. The maximum absolute atomic E-state index is 13.1. The van der Waals surface area contributed by atoms with Gasteiger partial charge in [0.25, 0.3) is 0 Å². The molecule has 2 rings (SSSR count). The largest absolute Gasteiger partial charge is 0.465 e. The smallest absolute Gasteiger partial charge is 0.319 e. The highest BCUT2D eigenvalue weighted by Crippen LogP contribution is 2.28. The molecule has 148 valence electrons. The number of nitrogens with two attached hydrogens (primary N) is 1. The molecule has 0 aromatic rings. The van der Waals surface area contributed by atoms with Gasteiger partial charge in [0, 0.05) is 6.54 Å². The zero-order valence-electron chi connectivity index (χ0n) is 15.9. The van der Waals surface area contributed by atoms with Gasteiger partial charge in [-0.2, -0.15) is 0 Å². The van der Waals surface area contributed by atoms with Gasteiger partial charge in [0.2, 0.25) is 11.8 Å². The monoisotopic (exact) mass is 367 g/mol. The van der Waals surface area contributed by atoms with Gasteiger partial charge >= 0.3 is 5.97 Å². The average Bonchev–Trinajstić information content (AvgIpc) is 3.13. The Labute approximate surface area is 156 Å². The number of nitrogens with one attached hydrogen (secondary N) is 1. The summed E-state index contributed by atoms with van der Waals surface area (Å²) in [5.74, 6) is -0.428. The van der Waals surface area contributed by atoms with Gasteiger partial charge in [-0.1, -0.05) is 39.0 Å². The number of rotatable bonds is 9. The third-order valence-corrected chi connectivity index (χ3v) is 5.42. The normalized spacial score (nSPS) is 22.2. The molecule has 26 heavy (non-hydrogen) atoms. The van der Waals surface area contributed by atoms with Crippen molar-refractivity contribution in [2.45, 2.75) is 76.8 Å². The van der Waals surface area contributed by atoms with Crippen molar-refractivity contribution in [3.05, 3.63) is 0 Å². The zero-order valence-corrected chi connectivity index (χ0v) is 15.9. The molecule has 0 bridgehead atoms. The van der Waals surface area contributed by atoms with Crippen LogP contribution in [0.15, 0.2) is 0 Å². The summed E-state index contributed by atoms with van der Waals surface area (Å²) in [5, 5.41) is 3.09. The number of likely N-dealkylation sites (tertiary alicyclic amines) is 1. The van der Waals surface area contributed by atoms with E-state index < -0.39 is 18.0 Å². The van der Waals surface area contributed by atoms with E-state index in [0.29, 0.717) is 31.9 Å². The fourth-order valence-corrected chi connectivity index (χ4v) is 4.03. The van der Waals surface area contributed by atoms with E-state index in [1.54, 1.807) is 4.90 Å². The van der Waals surface area contributed by atoms with Crippen LogP contribution in [-0.4, -0.2) is 54.5 Å². The van der Waals surface area contributed by atoms with Crippen molar-refractivity contribution in [2.24, 2.45) is 11.7 Å². The van der Waals surface area contributed by atoms with Gasteiger partial charge in [-0.25, -0.2) is 0 Å². The SMILES string of the molecule is CCCOC(=O)CN[C@H](CC1CCCCC1)C(=O)N1CCC[C@H]1C(N)=O. The number of primary amides is 1. The van der Waals surface area contributed by atoms with Gasteiger partial charge in [0.05, 0.1) is 19.2 Å². The van der Waals surface area contributed by atoms with Crippen LogP contribution in [0.25, 0.3) is 0 Å². The maximum atomic E-state index is 13.1. The lowest BCUT2D eigenvalue weighted by Crippen LogP contribution is -2.53. The molecule has 1 heterocycles. The van der Waals surface area contributed by atoms with E-state index in [1.165, 1.54) is 19.3 Å². The summed E-state index contributed by atoms with van der Waals surface area (Å²) in [6.45, 7) is 2.89. The summed E-state index contributed by atoms with van der Waals surface area (Å²) in [6.07, 6.45) is 8.74. The second-order valence-electron chi connectivity index (χ2n) is 7.49. The van der Waals surface area contributed by atoms with E-state index in [4.69, 9.17) is 10.5 Å². The molecule has 7 nitrogen and oxygen atoms in total. The molecule has 2 atom stereocenters. The Hall–Kier alpha value is -1.63. The third-order valence-electron chi connectivity index (χ3n) is 5.42. The molecule has 0 spiro atoms. The number of esters is 1. The average molecular weight is 367 g/mol. The Morgan fingerprint density at radius 1 is 1.15 bits per heavy atom. The minimum Gasteiger partial charge on any atom is -0.465 e. The van der Waals surface area contributed by atoms with Gasteiger partial charge in [0.15, 0.2) is 0 Å². The Morgan fingerprint density at radius 2 is 1.88 bits per heavy atom. The van der Waals surface area contributed by atoms with Crippen LogP contribution >= 0.6 is 0 Å². The Kier molecular flexibility index (Phi) is 8.35. The van der Waals surface area contributed by atoms with Crippen LogP contribution in [0.2, 0.25) is 0 Å². The van der Waals surface area contributed by atoms with Gasteiger partial charge in [-0.15, -0.1) is 0 Å². The first-order valence-corrected chi connectivity index (χ1v) is 10.0. The highest BCUT2D eigenvalue weighted by Gasteiger charge is 2.37. The van der Waals surface area contributed by atoms with E-state index in [9.17, 15) is 14.4 Å².